The summed E-state index contributed by atoms with van der Waals surface area (Å²) in [6.07, 6.45) is 3.58. The number of thiazole rings is 1. The summed E-state index contributed by atoms with van der Waals surface area (Å²) >= 11 is 1.20. The molecule has 6 nitrogen and oxygen atoms in total. The van der Waals surface area contributed by atoms with Crippen LogP contribution < -0.4 is 10.1 Å². The molecular weight excluding hydrogens is 410 g/mol. The fourth-order valence-electron chi connectivity index (χ4n) is 2.84. The third-order valence-electron chi connectivity index (χ3n) is 4.22. The van der Waals surface area contributed by atoms with Gasteiger partial charge in [-0.3, -0.25) is 14.8 Å². The molecule has 0 spiro atoms. The summed E-state index contributed by atoms with van der Waals surface area (Å²) in [6, 6.07) is 15.4. The van der Waals surface area contributed by atoms with Crippen LogP contribution in [0.15, 0.2) is 72.4 Å². The van der Waals surface area contributed by atoms with Gasteiger partial charge in [0.05, 0.1) is 12.2 Å². The number of carbonyl (C=O) groups excluding carboxylic acids is 1. The molecule has 4 aromatic rings. The van der Waals surface area contributed by atoms with Crippen LogP contribution in [0.4, 0.5) is 13.9 Å². The number of amides is 1. The number of aromatic nitrogens is 3. The number of hydrogen-bond donors (Lipinski definition) is 1. The largest absolute Gasteiger partial charge is 0.434 e. The molecule has 152 valence electrons. The second-order valence-corrected chi connectivity index (χ2v) is 7.13. The molecule has 0 fully saturated rings. The third kappa shape index (κ3) is 4.69. The van der Waals surface area contributed by atoms with Crippen LogP contribution in [-0.4, -0.2) is 27.3 Å². The fourth-order valence-corrected chi connectivity index (χ4v) is 3.55. The van der Waals surface area contributed by atoms with Crippen molar-refractivity contribution in [3.8, 4) is 17.0 Å². The molecule has 0 radical (unpaired) electrons. The number of para-hydroxylation sites is 1. The molecule has 0 aliphatic carbocycles. The number of carbonyl (C=O) groups is 1. The van der Waals surface area contributed by atoms with E-state index in [0.717, 1.165) is 5.56 Å². The van der Waals surface area contributed by atoms with Crippen molar-refractivity contribution >= 4 is 22.4 Å². The van der Waals surface area contributed by atoms with Crippen molar-refractivity contribution < 1.29 is 18.3 Å². The van der Waals surface area contributed by atoms with Crippen LogP contribution in [0.2, 0.25) is 0 Å². The number of benzene rings is 2. The van der Waals surface area contributed by atoms with E-state index in [1.165, 1.54) is 17.4 Å². The van der Waals surface area contributed by atoms with E-state index in [9.17, 15) is 13.6 Å². The Bertz CT molecular complexity index is 1130. The van der Waals surface area contributed by atoms with E-state index in [2.05, 4.69) is 20.1 Å². The lowest BCUT2D eigenvalue weighted by atomic mass is 10.1. The molecule has 0 aliphatic rings. The molecule has 30 heavy (non-hydrogen) atoms. The average molecular weight is 426 g/mol. The fraction of sp³-hybridized carbons (Fsp3) is 0.0952. The van der Waals surface area contributed by atoms with E-state index >= 15 is 0 Å². The number of nitrogens with one attached hydrogen (secondary N) is 1. The number of ether oxygens (including phenoxy) is 1. The minimum absolute atomic E-state index is 0.0310. The maximum absolute atomic E-state index is 12.6. The van der Waals surface area contributed by atoms with Crippen LogP contribution in [0.3, 0.4) is 0 Å². The number of nitrogens with zero attached hydrogens (tertiary/aromatic N) is 3. The van der Waals surface area contributed by atoms with Gasteiger partial charge in [-0.15, -0.1) is 11.3 Å². The number of halogens is 2. The molecule has 2 aromatic heterocycles. The molecule has 0 unspecified atom stereocenters. The Hall–Kier alpha value is -3.59. The molecule has 4 rings (SSSR count). The van der Waals surface area contributed by atoms with Gasteiger partial charge in [-0.1, -0.05) is 24.3 Å². The third-order valence-corrected chi connectivity index (χ3v) is 4.98. The van der Waals surface area contributed by atoms with Crippen molar-refractivity contribution in [2.45, 2.75) is 13.2 Å². The maximum Gasteiger partial charge on any atom is 0.387 e. The van der Waals surface area contributed by atoms with Crippen LogP contribution in [0, 0.1) is 0 Å². The van der Waals surface area contributed by atoms with E-state index < -0.39 is 6.61 Å². The van der Waals surface area contributed by atoms with Crippen LogP contribution >= 0.6 is 11.3 Å². The number of alkyl halides is 2. The average Bonchev–Trinajstić information content (AvgIpc) is 3.41. The summed E-state index contributed by atoms with van der Waals surface area (Å²) in [4.78, 5) is 16.8. The Kier molecular flexibility index (Phi) is 5.80. The van der Waals surface area contributed by atoms with Gasteiger partial charge in [0, 0.05) is 28.9 Å². The molecule has 0 saturated heterocycles. The van der Waals surface area contributed by atoms with Crippen molar-refractivity contribution in [1.29, 1.82) is 0 Å². The molecular formula is C21H16F2N4O2S. The first-order valence-electron chi connectivity index (χ1n) is 8.96. The molecule has 1 amide bonds. The quantitative estimate of drug-likeness (QED) is 0.456. The summed E-state index contributed by atoms with van der Waals surface area (Å²) < 4.78 is 31.6. The summed E-state index contributed by atoms with van der Waals surface area (Å²) in [7, 11) is 0. The van der Waals surface area contributed by atoms with Gasteiger partial charge in [-0.25, -0.2) is 4.98 Å². The lowest BCUT2D eigenvalue weighted by molar-refractivity contribution is -0.0494. The first kappa shape index (κ1) is 19.7. The first-order valence-corrected chi connectivity index (χ1v) is 9.84. The molecule has 2 heterocycles. The van der Waals surface area contributed by atoms with Crippen molar-refractivity contribution in [2.75, 3.05) is 5.32 Å². The molecule has 0 bridgehead atoms. The minimum Gasteiger partial charge on any atom is -0.434 e. The molecule has 0 atom stereocenters. The highest BCUT2D eigenvalue weighted by atomic mass is 32.1. The summed E-state index contributed by atoms with van der Waals surface area (Å²) in [5, 5.41) is 8.93. The summed E-state index contributed by atoms with van der Waals surface area (Å²) in [5.41, 5.74) is 2.37. The summed E-state index contributed by atoms with van der Waals surface area (Å²) in [5.74, 6) is -0.276. The second kappa shape index (κ2) is 8.83. The van der Waals surface area contributed by atoms with Crippen molar-refractivity contribution in [1.82, 2.24) is 14.8 Å². The Morgan fingerprint density at radius 1 is 1.13 bits per heavy atom. The van der Waals surface area contributed by atoms with E-state index in [-0.39, 0.29) is 11.7 Å². The number of rotatable bonds is 7. The zero-order valence-electron chi connectivity index (χ0n) is 15.5. The number of anilines is 1. The van der Waals surface area contributed by atoms with Crippen LogP contribution in [0.1, 0.15) is 15.9 Å². The minimum atomic E-state index is -2.93. The molecule has 1 N–H and O–H groups in total. The van der Waals surface area contributed by atoms with Crippen LogP contribution in [0.5, 0.6) is 5.75 Å². The van der Waals surface area contributed by atoms with Crippen LogP contribution in [0.25, 0.3) is 11.3 Å². The van der Waals surface area contributed by atoms with Gasteiger partial charge in [0.15, 0.2) is 5.13 Å². The van der Waals surface area contributed by atoms with Gasteiger partial charge in [-0.05, 0) is 35.9 Å². The normalized spacial score (nSPS) is 10.9. The van der Waals surface area contributed by atoms with Gasteiger partial charge < -0.3 is 4.74 Å². The van der Waals surface area contributed by atoms with Crippen LogP contribution in [-0.2, 0) is 6.54 Å². The van der Waals surface area contributed by atoms with E-state index in [1.807, 2.05) is 24.4 Å². The van der Waals surface area contributed by atoms with Gasteiger partial charge in [0.2, 0.25) is 0 Å². The van der Waals surface area contributed by atoms with Crippen molar-refractivity contribution in [3.05, 3.63) is 83.5 Å². The Morgan fingerprint density at radius 3 is 2.67 bits per heavy atom. The maximum atomic E-state index is 12.6. The zero-order valence-corrected chi connectivity index (χ0v) is 16.4. The predicted molar refractivity (Wildman–Crippen MR) is 110 cm³/mol. The Morgan fingerprint density at radius 2 is 1.93 bits per heavy atom. The van der Waals surface area contributed by atoms with Crippen molar-refractivity contribution in [3.63, 3.8) is 0 Å². The molecule has 2 aromatic carbocycles. The van der Waals surface area contributed by atoms with E-state index in [1.54, 1.807) is 46.6 Å². The SMILES string of the molecule is O=C(Nc1nc(-c2ccccc2OC(F)F)cs1)c1ccc(Cn2cccn2)cc1. The lowest BCUT2D eigenvalue weighted by Gasteiger charge is -2.08. The second-order valence-electron chi connectivity index (χ2n) is 6.27. The standard InChI is InChI=1S/C21H16F2N4O2S/c22-20(23)29-18-5-2-1-4-16(18)17-13-30-21(25-17)26-19(28)15-8-6-14(7-9-15)12-27-11-3-10-24-27/h1-11,13,20H,12H2,(H,25,26,28). The topological polar surface area (TPSA) is 69.0 Å². The summed E-state index contributed by atoms with van der Waals surface area (Å²) in [6.45, 7) is -2.31. The highest BCUT2D eigenvalue weighted by Crippen LogP contribution is 2.33. The Labute approximate surface area is 174 Å². The highest BCUT2D eigenvalue weighted by molar-refractivity contribution is 7.14. The molecule has 9 heteroatoms. The monoisotopic (exact) mass is 426 g/mol. The van der Waals surface area contributed by atoms with Gasteiger partial charge in [0.1, 0.15) is 5.75 Å². The van der Waals surface area contributed by atoms with E-state index in [0.29, 0.717) is 28.5 Å². The Balaban J connectivity index is 1.44. The molecule has 0 aliphatic heterocycles. The smallest absolute Gasteiger partial charge is 0.387 e. The number of hydrogen-bond acceptors (Lipinski definition) is 5. The van der Waals surface area contributed by atoms with E-state index in [4.69, 9.17) is 0 Å². The zero-order chi connectivity index (χ0) is 20.9. The van der Waals surface area contributed by atoms with Crippen molar-refractivity contribution in [2.24, 2.45) is 0 Å². The molecule has 0 saturated carbocycles. The first-order chi connectivity index (χ1) is 14.6. The predicted octanol–water partition coefficient (Wildman–Crippen LogP) is 4.91. The highest BCUT2D eigenvalue weighted by Gasteiger charge is 2.15. The van der Waals surface area contributed by atoms with Gasteiger partial charge in [-0.2, -0.15) is 13.9 Å². The lowest BCUT2D eigenvalue weighted by Crippen LogP contribution is -2.12. The van der Waals surface area contributed by atoms with Gasteiger partial charge >= 0.3 is 6.61 Å². The van der Waals surface area contributed by atoms with Gasteiger partial charge in [0.25, 0.3) is 5.91 Å².